The minimum Gasteiger partial charge on any atom is -0.486 e. The Balaban J connectivity index is 1.49. The molecule has 1 aliphatic heterocycles. The van der Waals surface area contributed by atoms with Crippen LogP contribution in [0.5, 0.6) is 5.75 Å². The molecule has 0 bridgehead atoms. The summed E-state index contributed by atoms with van der Waals surface area (Å²) in [7, 11) is 0. The number of likely N-dealkylation sites (tertiary alicyclic amines) is 1. The summed E-state index contributed by atoms with van der Waals surface area (Å²) in [4.78, 5) is 18.3. The number of aromatic nitrogens is 3. The fourth-order valence-corrected chi connectivity index (χ4v) is 2.97. The monoisotopic (exact) mass is 372 g/mol. The molecular weight excluding hydrogens is 344 g/mol. The highest BCUT2D eigenvalue weighted by atomic mass is 16.6. The van der Waals surface area contributed by atoms with Gasteiger partial charge in [0.2, 0.25) is 0 Å². The van der Waals surface area contributed by atoms with Crippen LogP contribution in [0.25, 0.3) is 0 Å². The van der Waals surface area contributed by atoms with Gasteiger partial charge in [0.25, 0.3) is 0 Å². The van der Waals surface area contributed by atoms with E-state index in [9.17, 15) is 4.79 Å². The van der Waals surface area contributed by atoms with Crippen LogP contribution in [0.3, 0.4) is 0 Å². The van der Waals surface area contributed by atoms with E-state index in [-0.39, 0.29) is 12.1 Å². The lowest BCUT2D eigenvalue weighted by atomic mass is 10.1. The Hall–Kier alpha value is -2.57. The third-order valence-corrected chi connectivity index (χ3v) is 4.44. The first-order chi connectivity index (χ1) is 12.8. The maximum Gasteiger partial charge on any atom is 0.410 e. The van der Waals surface area contributed by atoms with Gasteiger partial charge < -0.3 is 14.4 Å². The maximum atomic E-state index is 12.2. The van der Waals surface area contributed by atoms with E-state index in [1.165, 1.54) is 5.56 Å². The number of hydrogen-bond acceptors (Lipinski definition) is 5. The topological polar surface area (TPSA) is 69.5 Å². The molecule has 7 heteroatoms. The summed E-state index contributed by atoms with van der Waals surface area (Å²) < 4.78 is 13.1. The lowest BCUT2D eigenvalue weighted by Gasteiger charge is -2.33. The average Bonchev–Trinajstić information content (AvgIpc) is 3.09. The van der Waals surface area contributed by atoms with Gasteiger partial charge in [-0.2, -0.15) is 5.10 Å². The molecule has 7 nitrogen and oxygen atoms in total. The molecule has 146 valence electrons. The van der Waals surface area contributed by atoms with Gasteiger partial charge in [-0.3, -0.25) is 0 Å². The predicted octanol–water partition coefficient (Wildman–Crippen LogP) is 3.74. The molecule has 1 aliphatic rings. The van der Waals surface area contributed by atoms with Gasteiger partial charge in [0.15, 0.2) is 5.82 Å². The first-order valence-electron chi connectivity index (χ1n) is 9.37. The zero-order valence-electron chi connectivity index (χ0n) is 16.5. The third kappa shape index (κ3) is 5.45. The molecule has 1 aromatic heterocycles. The van der Waals surface area contributed by atoms with Crippen molar-refractivity contribution in [1.82, 2.24) is 19.7 Å². The molecule has 1 amide bonds. The second kappa shape index (κ2) is 7.98. The summed E-state index contributed by atoms with van der Waals surface area (Å²) >= 11 is 0. The number of nitrogens with zero attached hydrogens (tertiary/aromatic N) is 4. The summed E-state index contributed by atoms with van der Waals surface area (Å²) in [6.45, 7) is 9.35. The van der Waals surface area contributed by atoms with Crippen molar-refractivity contribution in [2.45, 2.75) is 58.8 Å². The van der Waals surface area contributed by atoms with E-state index in [2.05, 4.69) is 10.1 Å². The molecule has 1 fully saturated rings. The number of rotatable bonds is 4. The first kappa shape index (κ1) is 19.2. The van der Waals surface area contributed by atoms with Crippen LogP contribution in [0.2, 0.25) is 0 Å². The van der Waals surface area contributed by atoms with E-state index in [1.54, 1.807) is 11.2 Å². The van der Waals surface area contributed by atoms with Crippen LogP contribution in [0.15, 0.2) is 30.6 Å². The van der Waals surface area contributed by atoms with Crippen molar-refractivity contribution in [3.05, 3.63) is 42.0 Å². The van der Waals surface area contributed by atoms with Crippen molar-refractivity contribution < 1.29 is 14.3 Å². The van der Waals surface area contributed by atoms with Crippen LogP contribution in [0.4, 0.5) is 4.79 Å². The summed E-state index contributed by atoms with van der Waals surface area (Å²) in [5, 5.41) is 4.54. The molecule has 0 saturated carbocycles. The van der Waals surface area contributed by atoms with Crippen molar-refractivity contribution >= 4 is 6.09 Å². The second-order valence-corrected chi connectivity index (χ2v) is 7.94. The highest BCUT2D eigenvalue weighted by Crippen LogP contribution is 2.23. The SMILES string of the molecule is Cc1ccc(OCc2ncn(C3CCN(C(=O)OC(C)(C)C)CC3)n2)cc1. The van der Waals surface area contributed by atoms with Crippen LogP contribution >= 0.6 is 0 Å². The highest BCUT2D eigenvalue weighted by molar-refractivity contribution is 5.68. The van der Waals surface area contributed by atoms with Gasteiger partial charge in [-0.1, -0.05) is 17.7 Å². The average molecular weight is 372 g/mol. The lowest BCUT2D eigenvalue weighted by molar-refractivity contribution is 0.0184. The summed E-state index contributed by atoms with van der Waals surface area (Å²) in [5.74, 6) is 1.47. The van der Waals surface area contributed by atoms with E-state index >= 15 is 0 Å². The normalized spacial score (nSPS) is 15.6. The van der Waals surface area contributed by atoms with Crippen molar-refractivity contribution in [2.75, 3.05) is 13.1 Å². The molecule has 1 saturated heterocycles. The molecule has 0 unspecified atom stereocenters. The number of hydrogen-bond donors (Lipinski definition) is 0. The number of ether oxygens (including phenoxy) is 2. The third-order valence-electron chi connectivity index (χ3n) is 4.44. The van der Waals surface area contributed by atoms with E-state index in [1.807, 2.05) is 56.6 Å². The quantitative estimate of drug-likeness (QED) is 0.818. The van der Waals surface area contributed by atoms with Gasteiger partial charge in [0.1, 0.15) is 24.3 Å². The van der Waals surface area contributed by atoms with Crippen molar-refractivity contribution in [2.24, 2.45) is 0 Å². The molecule has 27 heavy (non-hydrogen) atoms. The molecular formula is C20H28N4O3. The maximum absolute atomic E-state index is 12.2. The van der Waals surface area contributed by atoms with Crippen molar-refractivity contribution in [3.8, 4) is 5.75 Å². The largest absolute Gasteiger partial charge is 0.486 e. The van der Waals surface area contributed by atoms with Gasteiger partial charge in [0, 0.05) is 13.1 Å². The number of aryl methyl sites for hydroxylation is 1. The molecule has 1 aromatic carbocycles. The lowest BCUT2D eigenvalue weighted by Crippen LogP contribution is -2.42. The van der Waals surface area contributed by atoms with E-state index in [0.717, 1.165) is 18.6 Å². The number of piperidine rings is 1. The molecule has 2 heterocycles. The van der Waals surface area contributed by atoms with Gasteiger partial charge in [-0.15, -0.1) is 0 Å². The van der Waals surface area contributed by atoms with E-state index in [4.69, 9.17) is 9.47 Å². The Kier molecular flexibility index (Phi) is 5.68. The smallest absolute Gasteiger partial charge is 0.410 e. The number of carbonyl (C=O) groups excluding carboxylic acids is 1. The van der Waals surface area contributed by atoms with Crippen LogP contribution in [-0.2, 0) is 11.3 Å². The standard InChI is InChI=1S/C20H28N4O3/c1-15-5-7-17(8-6-15)26-13-18-21-14-24(22-18)16-9-11-23(12-10-16)19(25)27-20(2,3)4/h5-8,14,16H,9-13H2,1-4H3. The molecule has 0 aliphatic carbocycles. The fourth-order valence-electron chi connectivity index (χ4n) is 2.97. The van der Waals surface area contributed by atoms with Crippen LogP contribution in [0.1, 0.15) is 51.0 Å². The molecule has 0 radical (unpaired) electrons. The predicted molar refractivity (Wildman–Crippen MR) is 102 cm³/mol. The minimum atomic E-state index is -0.466. The van der Waals surface area contributed by atoms with Gasteiger partial charge in [-0.25, -0.2) is 14.5 Å². The van der Waals surface area contributed by atoms with Crippen molar-refractivity contribution in [1.29, 1.82) is 0 Å². The Bertz CT molecular complexity index is 756. The zero-order chi connectivity index (χ0) is 19.4. The van der Waals surface area contributed by atoms with Gasteiger partial charge >= 0.3 is 6.09 Å². The van der Waals surface area contributed by atoms with E-state index in [0.29, 0.717) is 25.5 Å². The number of amides is 1. The molecule has 2 aromatic rings. The number of carbonyl (C=O) groups is 1. The van der Waals surface area contributed by atoms with Gasteiger partial charge in [-0.05, 0) is 52.7 Å². The Morgan fingerprint density at radius 1 is 1.19 bits per heavy atom. The van der Waals surface area contributed by atoms with E-state index < -0.39 is 5.60 Å². The summed E-state index contributed by atoms with van der Waals surface area (Å²) in [6.07, 6.45) is 3.18. The van der Waals surface area contributed by atoms with Crippen molar-refractivity contribution in [3.63, 3.8) is 0 Å². The Morgan fingerprint density at radius 3 is 2.48 bits per heavy atom. The van der Waals surface area contributed by atoms with Gasteiger partial charge in [0.05, 0.1) is 6.04 Å². The highest BCUT2D eigenvalue weighted by Gasteiger charge is 2.28. The zero-order valence-corrected chi connectivity index (χ0v) is 16.5. The van der Waals surface area contributed by atoms with Crippen LogP contribution < -0.4 is 4.74 Å². The number of benzene rings is 1. The molecule has 3 rings (SSSR count). The molecule has 0 atom stereocenters. The van der Waals surface area contributed by atoms with Crippen LogP contribution in [-0.4, -0.2) is 44.4 Å². The second-order valence-electron chi connectivity index (χ2n) is 7.94. The minimum absolute atomic E-state index is 0.240. The first-order valence-corrected chi connectivity index (χ1v) is 9.37. The Morgan fingerprint density at radius 2 is 1.85 bits per heavy atom. The Labute approximate surface area is 160 Å². The fraction of sp³-hybridized carbons (Fsp3) is 0.550. The van der Waals surface area contributed by atoms with Crippen LogP contribution in [0, 0.1) is 6.92 Å². The molecule has 0 spiro atoms. The summed E-state index contributed by atoms with van der Waals surface area (Å²) in [6, 6.07) is 8.15. The molecule has 0 N–H and O–H groups in total. The summed E-state index contributed by atoms with van der Waals surface area (Å²) in [5.41, 5.74) is 0.731.